The molecule has 2 aliphatic heterocycles. The number of nitrogens with zero attached hydrogens (tertiary/aromatic N) is 3. The molecular weight excluding hydrogens is 697 g/mol. The Labute approximate surface area is 271 Å². The van der Waals surface area contributed by atoms with Crippen molar-refractivity contribution in [2.75, 3.05) is 0 Å². The Morgan fingerprint density at radius 1 is 0.826 bits per heavy atom. The standard InChI is InChI=1S/C34H34N4O4.CH3.2FH.Sn/c1-7-21-17(3)25-13-26-19(5)23(9-11-33(39)40)31(37-26)16-32-24(10-12-34(41)42)20(6)28(38-32)15-30-22(8-2)18(4)27(36-30)14-29(21)35-25;;;;/h7-8,13-16H,1-2,9-12H2,3-6H3,(H4,35,36,37,38,39,40,41,42);1H3;2*1H;/q;;;;+3/p-3. The third kappa shape index (κ3) is 5.97. The van der Waals surface area contributed by atoms with Crippen LogP contribution >= 0.6 is 0 Å². The van der Waals surface area contributed by atoms with E-state index >= 15 is 5.73 Å². The first-order chi connectivity index (χ1) is 21.7. The van der Waals surface area contributed by atoms with E-state index in [1.807, 2.05) is 26.8 Å². The van der Waals surface area contributed by atoms with Gasteiger partial charge < -0.3 is 5.11 Å². The van der Waals surface area contributed by atoms with E-state index in [0.717, 1.165) is 32.7 Å². The molecule has 0 saturated heterocycles. The molecule has 11 heteroatoms. The minimum absolute atomic E-state index is 0.0927. The molecule has 0 aliphatic carbocycles. The molecule has 3 aromatic heterocycles. The fraction of sp³-hybridized carbons (Fsp3) is 0.257. The van der Waals surface area contributed by atoms with Gasteiger partial charge >= 0.3 is 262 Å². The van der Waals surface area contributed by atoms with Crippen LogP contribution in [0.15, 0.2) is 43.5 Å². The van der Waals surface area contributed by atoms with Crippen molar-refractivity contribution in [3.63, 3.8) is 0 Å². The minimum atomic E-state index is -5.93. The zero-order valence-electron chi connectivity index (χ0n) is 26.5. The summed E-state index contributed by atoms with van der Waals surface area (Å²) in [6.45, 7) is 15.3. The van der Waals surface area contributed by atoms with Crippen LogP contribution in [0.5, 0.6) is 0 Å². The summed E-state index contributed by atoms with van der Waals surface area (Å²) in [5, 5.41) is 19.0. The van der Waals surface area contributed by atoms with Gasteiger partial charge in [0.05, 0.1) is 0 Å². The normalized spacial score (nSPS) is 13.4. The number of carbonyl (C=O) groups is 2. The van der Waals surface area contributed by atoms with E-state index in [-0.39, 0.29) is 25.7 Å². The van der Waals surface area contributed by atoms with E-state index in [9.17, 15) is 19.8 Å². The molecule has 0 radical (unpaired) electrons. The van der Waals surface area contributed by atoms with Crippen molar-refractivity contribution in [2.45, 2.75) is 58.3 Å². The molecular formula is C35H36F2N4O4Sn. The number of rotatable bonds is 9. The fourth-order valence-electron chi connectivity index (χ4n) is 6.32. The van der Waals surface area contributed by atoms with Gasteiger partial charge in [-0.1, -0.05) is 0 Å². The Morgan fingerprint density at radius 2 is 1.41 bits per heavy atom. The summed E-state index contributed by atoms with van der Waals surface area (Å²) >= 11 is -5.93. The molecule has 0 atom stereocenters. The van der Waals surface area contributed by atoms with Gasteiger partial charge in [-0.25, -0.2) is 0 Å². The predicted molar refractivity (Wildman–Crippen MR) is 181 cm³/mol. The first-order valence-electron chi connectivity index (χ1n) is 14.9. The molecule has 0 saturated carbocycles. The monoisotopic (exact) mass is 734 g/mol. The third-order valence-corrected chi connectivity index (χ3v) is 12.4. The van der Waals surface area contributed by atoms with Gasteiger partial charge in [0, 0.05) is 0 Å². The Bertz CT molecular complexity index is 2080. The average Bonchev–Trinajstić information content (AvgIpc) is 3.62. The number of aryl methyl sites for hydroxylation is 3. The van der Waals surface area contributed by atoms with Crippen LogP contribution in [0, 0.1) is 13.8 Å². The molecule has 46 heavy (non-hydrogen) atoms. The summed E-state index contributed by atoms with van der Waals surface area (Å²) in [5.74, 6) is -1.91. The maximum atomic E-state index is 15.8. The number of aromatic nitrogens is 4. The first-order valence-corrected chi connectivity index (χ1v) is 21.2. The number of fused-ring (bicyclic) bond motifs is 8. The molecule has 5 rings (SSSR count). The van der Waals surface area contributed by atoms with Crippen LogP contribution in [0.25, 0.3) is 50.4 Å². The van der Waals surface area contributed by atoms with Gasteiger partial charge in [0.25, 0.3) is 0 Å². The molecule has 0 aromatic carbocycles. The van der Waals surface area contributed by atoms with Gasteiger partial charge in [0.2, 0.25) is 0 Å². The maximum absolute atomic E-state index is 15.8. The van der Waals surface area contributed by atoms with E-state index in [2.05, 4.69) is 18.1 Å². The van der Waals surface area contributed by atoms with Crippen molar-refractivity contribution >= 4 is 82.2 Å². The zero-order chi connectivity index (χ0) is 33.7. The molecule has 5 heterocycles. The van der Waals surface area contributed by atoms with Gasteiger partial charge in [-0.2, -0.15) is 0 Å². The summed E-state index contributed by atoms with van der Waals surface area (Å²) in [7, 11) is 0. The van der Waals surface area contributed by atoms with E-state index < -0.39 is 31.7 Å². The number of allylic oxidation sites excluding steroid dienone is 5. The van der Waals surface area contributed by atoms with Crippen molar-refractivity contribution < 1.29 is 25.5 Å². The van der Waals surface area contributed by atoms with Crippen LogP contribution in [0.1, 0.15) is 78.1 Å². The molecule has 2 aliphatic rings. The number of nitrogens with one attached hydrogen (secondary N) is 1. The summed E-state index contributed by atoms with van der Waals surface area (Å²) in [5.41, 5.74) is 9.82. The second-order valence-corrected chi connectivity index (χ2v) is 17.8. The van der Waals surface area contributed by atoms with Crippen LogP contribution in [0.3, 0.4) is 0 Å². The first kappa shape index (κ1) is 33.1. The van der Waals surface area contributed by atoms with Crippen LogP contribution in [0.4, 0.5) is 5.73 Å². The zero-order valence-corrected chi connectivity index (χ0v) is 29.4. The molecule has 0 amide bonds. The van der Waals surface area contributed by atoms with Crippen molar-refractivity contribution in [1.82, 2.24) is 17.7 Å². The summed E-state index contributed by atoms with van der Waals surface area (Å²) < 4.78 is 32.8. The molecule has 238 valence electrons. The number of carboxylic acids is 2. The molecule has 3 N–H and O–H groups in total. The van der Waals surface area contributed by atoms with Crippen molar-refractivity contribution in [3.8, 4) is 0 Å². The van der Waals surface area contributed by atoms with Crippen LogP contribution < -0.4 is 0 Å². The van der Waals surface area contributed by atoms with Gasteiger partial charge in [0.15, 0.2) is 0 Å². The van der Waals surface area contributed by atoms with Crippen molar-refractivity contribution in [2.24, 2.45) is 0 Å². The topological polar surface area (TPSA) is 121 Å². The van der Waals surface area contributed by atoms with Crippen molar-refractivity contribution in [3.05, 3.63) is 88.5 Å². The van der Waals surface area contributed by atoms with E-state index in [1.165, 1.54) is 2.79 Å². The number of halogens is 2. The Kier molecular flexibility index (Phi) is 8.96. The average molecular weight is 733 g/mol. The molecule has 3 aromatic rings. The molecule has 8 nitrogen and oxygen atoms in total. The second kappa shape index (κ2) is 12.5. The molecule has 8 bridgehead atoms. The number of hydrogen-bond donors (Lipinski definition) is 3. The molecule has 0 spiro atoms. The van der Waals surface area contributed by atoms with Crippen LogP contribution in [0.2, 0.25) is 4.94 Å². The van der Waals surface area contributed by atoms with Gasteiger partial charge in [0.1, 0.15) is 0 Å². The number of aliphatic carboxylic acids is 2. The van der Waals surface area contributed by atoms with E-state index in [4.69, 9.17) is 9.97 Å². The second-order valence-electron chi connectivity index (χ2n) is 11.7. The third-order valence-electron chi connectivity index (χ3n) is 8.78. The summed E-state index contributed by atoms with van der Waals surface area (Å²) in [6.07, 6.45) is 3.44. The van der Waals surface area contributed by atoms with Gasteiger partial charge in [-0.05, 0) is 0 Å². The quantitative estimate of drug-likeness (QED) is 0.190. The SMILES string of the molecule is C=CC1=C(C)c2cc3[nH]c(cc4nc(cc5c(C=C)c(C)c(cc1n2)[n]5[Sn]([CH3])([F])[F])C(C)=C4CCC(=O)O)c(CCC(=O)O)c3C. The fourth-order valence-corrected chi connectivity index (χ4v) is 9.93. The number of hydrogen-bond acceptors (Lipinski definition) is 4. The molecule has 0 unspecified atom stereocenters. The predicted octanol–water partition coefficient (Wildman–Crippen LogP) is 8.33. The Morgan fingerprint density at radius 3 is 2.02 bits per heavy atom. The Balaban J connectivity index is 2.04. The number of carboxylic acid groups (broad SMARTS) is 2. The van der Waals surface area contributed by atoms with Crippen LogP contribution in [-0.4, -0.2) is 59.7 Å². The van der Waals surface area contributed by atoms with Gasteiger partial charge in [-0.3, -0.25) is 4.79 Å². The summed E-state index contributed by atoms with van der Waals surface area (Å²) in [4.78, 5) is 37.4. The Hall–Kier alpha value is -4.32. The number of aromatic amines is 1. The number of H-pyrrole nitrogens is 1. The van der Waals surface area contributed by atoms with Crippen molar-refractivity contribution in [1.29, 1.82) is 0 Å². The van der Waals surface area contributed by atoms with E-state index in [0.29, 0.717) is 61.6 Å². The molecule has 0 fully saturated rings. The summed E-state index contributed by atoms with van der Waals surface area (Å²) in [6, 6.07) is 7.00. The van der Waals surface area contributed by atoms with E-state index in [1.54, 1.807) is 37.3 Å². The van der Waals surface area contributed by atoms with Gasteiger partial charge in [-0.15, -0.1) is 0 Å². The van der Waals surface area contributed by atoms with Crippen LogP contribution in [-0.2, 0) is 16.0 Å².